The van der Waals surface area contributed by atoms with Gasteiger partial charge in [-0.2, -0.15) is 5.01 Å². The van der Waals surface area contributed by atoms with Crippen LogP contribution in [0.2, 0.25) is 5.02 Å². The van der Waals surface area contributed by atoms with Crippen LogP contribution in [0.25, 0.3) is 0 Å². The number of phenolic OH excluding ortho intramolecular Hbond substituents is 1. The Hall–Kier alpha value is -5.00. The second kappa shape index (κ2) is 12.1. The Morgan fingerprint density at radius 1 is 0.980 bits per heavy atom. The van der Waals surface area contributed by atoms with Crippen LogP contribution >= 0.6 is 22.9 Å². The van der Waals surface area contributed by atoms with Crippen molar-refractivity contribution in [3.8, 4) is 11.5 Å². The molecule has 254 valence electrons. The van der Waals surface area contributed by atoms with E-state index in [2.05, 4.69) is 5.43 Å². The Morgan fingerprint density at radius 2 is 1.74 bits per heavy atom. The molecule has 3 fully saturated rings. The summed E-state index contributed by atoms with van der Waals surface area (Å²) in [5, 5.41) is 14.4. The van der Waals surface area contributed by atoms with Gasteiger partial charge in [0.1, 0.15) is 5.82 Å². The summed E-state index contributed by atoms with van der Waals surface area (Å²) in [4.78, 5) is 60.2. The molecule has 2 aliphatic heterocycles. The summed E-state index contributed by atoms with van der Waals surface area (Å²) in [5.41, 5.74) is 3.53. The summed E-state index contributed by atoms with van der Waals surface area (Å²) in [5.74, 6) is -5.74. The molecule has 1 aromatic heterocycles. The number of thiophene rings is 1. The van der Waals surface area contributed by atoms with Gasteiger partial charge in [-0.05, 0) is 89.9 Å². The lowest BCUT2D eigenvalue weighted by Crippen LogP contribution is -2.53. The number of imide groups is 2. The molecule has 1 saturated carbocycles. The molecular weight excluding hydrogens is 681 g/mol. The van der Waals surface area contributed by atoms with Crippen LogP contribution in [0.3, 0.4) is 0 Å². The number of hydrogen-bond donors (Lipinski definition) is 2. The molecule has 4 aromatic rings. The number of allylic oxidation sites excluding steroid dienone is 2. The van der Waals surface area contributed by atoms with Gasteiger partial charge in [-0.3, -0.25) is 29.5 Å². The van der Waals surface area contributed by atoms with Crippen LogP contribution in [0.1, 0.15) is 34.8 Å². The quantitative estimate of drug-likeness (QED) is 0.168. The van der Waals surface area contributed by atoms with Gasteiger partial charge in [0, 0.05) is 15.8 Å². The number of phenols is 1. The van der Waals surface area contributed by atoms with E-state index in [1.807, 2.05) is 23.6 Å². The van der Waals surface area contributed by atoms with E-state index in [9.17, 15) is 23.9 Å². The molecule has 4 amide bonds. The Bertz CT molecular complexity index is 2070. The molecule has 2 saturated heterocycles. The number of hydrazine groups is 1. The molecule has 9 nitrogen and oxygen atoms in total. The van der Waals surface area contributed by atoms with E-state index in [4.69, 9.17) is 16.3 Å². The molecule has 8 rings (SSSR count). The third kappa shape index (κ3) is 4.78. The Morgan fingerprint density at radius 3 is 2.42 bits per heavy atom. The minimum atomic E-state index is -1.55. The molecular formula is C38H31ClFN3O6S. The van der Waals surface area contributed by atoms with Crippen molar-refractivity contribution in [3.05, 3.63) is 123 Å². The lowest BCUT2D eigenvalue weighted by molar-refractivity contribution is -0.141. The van der Waals surface area contributed by atoms with E-state index in [0.29, 0.717) is 21.8 Å². The zero-order valence-corrected chi connectivity index (χ0v) is 28.3. The first-order chi connectivity index (χ1) is 24.1. The monoisotopic (exact) mass is 711 g/mol. The number of nitrogens with zero attached hydrogens (tertiary/aromatic N) is 2. The number of likely N-dealkylation sites (tertiary alicyclic amines) is 1. The van der Waals surface area contributed by atoms with Crippen LogP contribution in [-0.4, -0.2) is 45.8 Å². The summed E-state index contributed by atoms with van der Waals surface area (Å²) in [7, 11) is 1.43. The summed E-state index contributed by atoms with van der Waals surface area (Å²) in [6, 6.07) is 20.8. The number of ether oxygens (including phenoxy) is 1. The second-order valence-electron chi connectivity index (χ2n) is 13.1. The van der Waals surface area contributed by atoms with Crippen LogP contribution in [0.5, 0.6) is 11.5 Å². The maximum atomic E-state index is 15.2. The number of methoxy groups -OCH3 is 1. The number of rotatable bonds is 7. The van der Waals surface area contributed by atoms with Gasteiger partial charge in [-0.15, -0.1) is 11.3 Å². The molecule has 6 atom stereocenters. The molecule has 3 aromatic carbocycles. The van der Waals surface area contributed by atoms with Gasteiger partial charge in [-0.25, -0.2) is 4.39 Å². The van der Waals surface area contributed by atoms with Crippen LogP contribution in [0.4, 0.5) is 10.1 Å². The zero-order chi connectivity index (χ0) is 34.9. The lowest BCUT2D eigenvalue weighted by atomic mass is 9.49. The normalized spacial score (nSPS) is 27.2. The van der Waals surface area contributed by atoms with Crippen molar-refractivity contribution in [2.75, 3.05) is 12.5 Å². The number of aromatic hydroxyl groups is 1. The van der Waals surface area contributed by atoms with E-state index in [1.54, 1.807) is 36.4 Å². The molecule has 12 heteroatoms. The van der Waals surface area contributed by atoms with Crippen molar-refractivity contribution < 1.29 is 33.4 Å². The molecule has 0 radical (unpaired) electrons. The average Bonchev–Trinajstić information content (AvgIpc) is 3.78. The molecule has 2 N–H and O–H groups in total. The highest BCUT2D eigenvalue weighted by Crippen LogP contribution is 2.64. The number of fused-ring (bicyclic) bond motifs is 4. The minimum absolute atomic E-state index is 0.117. The second-order valence-corrected chi connectivity index (χ2v) is 14.6. The van der Waals surface area contributed by atoms with E-state index < -0.39 is 52.6 Å². The summed E-state index contributed by atoms with van der Waals surface area (Å²) >= 11 is 7.81. The largest absolute Gasteiger partial charge is 0.504 e. The number of halogens is 2. The van der Waals surface area contributed by atoms with Crippen molar-refractivity contribution in [3.63, 3.8) is 0 Å². The highest BCUT2D eigenvalue weighted by atomic mass is 35.5. The summed E-state index contributed by atoms with van der Waals surface area (Å²) in [6.07, 6.45) is 2.35. The first-order valence-corrected chi connectivity index (χ1v) is 17.5. The van der Waals surface area contributed by atoms with Crippen LogP contribution in [-0.2, 0) is 31.1 Å². The SMILES string of the molecule is COc1ccc([C@H]2C3=CC[C@@H]4C(=O)N(Cc5cccs5)C(=O)[C@@H]4[C@@H]3C[C@H]3C(=O)N(Nc4ccc(F)cc4)C(=O)[C@@]23c2ccc(Cl)cc2)cc1O. The zero-order valence-electron chi connectivity index (χ0n) is 26.7. The van der Waals surface area contributed by atoms with E-state index >= 15 is 4.79 Å². The number of carbonyl (C=O) groups is 4. The van der Waals surface area contributed by atoms with Gasteiger partial charge in [0.2, 0.25) is 11.8 Å². The third-order valence-corrected chi connectivity index (χ3v) is 11.9. The highest BCUT2D eigenvalue weighted by molar-refractivity contribution is 7.09. The Labute approximate surface area is 295 Å². The van der Waals surface area contributed by atoms with Gasteiger partial charge in [0.05, 0.1) is 42.5 Å². The number of hydrogen-bond acceptors (Lipinski definition) is 8. The van der Waals surface area contributed by atoms with Gasteiger partial charge in [-0.1, -0.05) is 47.5 Å². The molecule has 0 bridgehead atoms. The fourth-order valence-corrected chi connectivity index (χ4v) is 9.51. The minimum Gasteiger partial charge on any atom is -0.504 e. The smallest absolute Gasteiger partial charge is 0.260 e. The standard InChI is InChI=1S/C38H31ClFN3O6S/c1-49-31-15-4-20(17-30(31)44)33-26-13-14-27-32(36(47)42(34(27)45)19-25-3-2-16-50-25)28(26)18-29-35(46)43(41-24-11-9-23(40)10-12-24)37(48)38(29,33)21-5-7-22(39)8-6-21/h2-13,15-17,27-29,32-33,41,44H,14,18-19H2,1H3/t27-,28+,29-,32-,33-,38+/m0/s1. The van der Waals surface area contributed by atoms with Crippen molar-refractivity contribution in [2.45, 2.75) is 30.7 Å². The van der Waals surface area contributed by atoms with Gasteiger partial charge < -0.3 is 9.84 Å². The number of nitrogens with one attached hydrogen (secondary N) is 1. The van der Waals surface area contributed by atoms with Crippen LogP contribution in [0.15, 0.2) is 95.9 Å². The fourth-order valence-electron chi connectivity index (χ4n) is 8.70. The highest BCUT2D eigenvalue weighted by Gasteiger charge is 2.70. The van der Waals surface area contributed by atoms with E-state index in [1.165, 1.54) is 53.7 Å². The van der Waals surface area contributed by atoms with Crippen LogP contribution < -0.4 is 10.2 Å². The third-order valence-electron chi connectivity index (χ3n) is 10.8. The predicted molar refractivity (Wildman–Crippen MR) is 184 cm³/mol. The number of amides is 4. The Kier molecular flexibility index (Phi) is 7.80. The maximum Gasteiger partial charge on any atom is 0.260 e. The van der Waals surface area contributed by atoms with Crippen molar-refractivity contribution >= 4 is 52.3 Å². The van der Waals surface area contributed by atoms with E-state index in [-0.39, 0.29) is 42.7 Å². The van der Waals surface area contributed by atoms with Crippen molar-refractivity contribution in [1.82, 2.24) is 9.91 Å². The van der Waals surface area contributed by atoms with Gasteiger partial charge >= 0.3 is 0 Å². The van der Waals surface area contributed by atoms with Crippen LogP contribution in [0, 0.1) is 29.5 Å². The first-order valence-electron chi connectivity index (χ1n) is 16.2. The molecule has 3 heterocycles. The molecule has 0 spiro atoms. The van der Waals surface area contributed by atoms with Gasteiger partial charge in [0.15, 0.2) is 11.5 Å². The number of carbonyl (C=O) groups excluding carboxylic acids is 4. The van der Waals surface area contributed by atoms with Gasteiger partial charge in [0.25, 0.3) is 11.8 Å². The number of anilines is 1. The maximum absolute atomic E-state index is 15.2. The number of benzene rings is 3. The van der Waals surface area contributed by atoms with Crippen molar-refractivity contribution in [1.29, 1.82) is 0 Å². The van der Waals surface area contributed by atoms with Crippen molar-refractivity contribution in [2.24, 2.45) is 23.7 Å². The first kappa shape index (κ1) is 32.2. The molecule has 2 aliphatic carbocycles. The predicted octanol–water partition coefficient (Wildman–Crippen LogP) is 6.44. The summed E-state index contributed by atoms with van der Waals surface area (Å²) in [6.45, 7) is 0.172. The molecule has 0 unspecified atom stereocenters. The fraction of sp³-hybridized carbons (Fsp3) is 0.263. The topological polar surface area (TPSA) is 116 Å². The van der Waals surface area contributed by atoms with E-state index in [0.717, 1.165) is 15.5 Å². The molecule has 4 aliphatic rings. The average molecular weight is 712 g/mol. The summed E-state index contributed by atoms with van der Waals surface area (Å²) < 4.78 is 19.2. The lowest BCUT2D eigenvalue weighted by Gasteiger charge is -2.50. The molecule has 50 heavy (non-hydrogen) atoms. The Balaban J connectivity index is 1.31.